The normalized spacial score (nSPS) is 19.4. The Hall–Kier alpha value is -3.71. The maximum atomic E-state index is 12.4. The van der Waals surface area contributed by atoms with E-state index in [1.165, 1.54) is 7.11 Å². The molecule has 3 aromatic rings. The minimum Gasteiger partial charge on any atom is -0.497 e. The van der Waals surface area contributed by atoms with Gasteiger partial charge in [-0.25, -0.2) is 9.59 Å². The van der Waals surface area contributed by atoms with Crippen molar-refractivity contribution in [2.75, 3.05) is 20.3 Å². The van der Waals surface area contributed by atoms with Crippen LogP contribution in [0, 0.1) is 0 Å². The Kier molecular flexibility index (Phi) is 5.68. The smallest absolute Gasteiger partial charge is 0.338 e. The number of rotatable bonds is 6. The molecule has 0 aliphatic carbocycles. The van der Waals surface area contributed by atoms with Crippen molar-refractivity contribution in [1.29, 1.82) is 0 Å². The van der Waals surface area contributed by atoms with Crippen LogP contribution in [0.4, 0.5) is 0 Å². The van der Waals surface area contributed by atoms with Gasteiger partial charge >= 0.3 is 11.9 Å². The predicted octanol–water partition coefficient (Wildman–Crippen LogP) is 3.16. The van der Waals surface area contributed by atoms with E-state index in [2.05, 4.69) is 4.98 Å². The zero-order chi connectivity index (χ0) is 21.8. The molecule has 1 aromatic heterocycles. The van der Waals surface area contributed by atoms with Gasteiger partial charge in [-0.1, -0.05) is 18.2 Å². The predicted molar refractivity (Wildman–Crippen MR) is 114 cm³/mol. The van der Waals surface area contributed by atoms with Gasteiger partial charge in [0.2, 0.25) is 0 Å². The van der Waals surface area contributed by atoms with Gasteiger partial charge < -0.3 is 19.3 Å². The third-order valence-electron chi connectivity index (χ3n) is 5.12. The van der Waals surface area contributed by atoms with Crippen LogP contribution in [0.15, 0.2) is 66.4 Å². The van der Waals surface area contributed by atoms with Crippen molar-refractivity contribution in [2.45, 2.75) is 12.0 Å². The first-order valence-electron chi connectivity index (χ1n) is 9.73. The van der Waals surface area contributed by atoms with Gasteiger partial charge in [-0.3, -0.25) is 4.98 Å². The van der Waals surface area contributed by atoms with E-state index in [9.17, 15) is 14.7 Å². The number of fused-ring (bicyclic) bond motifs is 1. The van der Waals surface area contributed by atoms with E-state index in [-0.39, 0.29) is 13.0 Å². The number of aliphatic hydroxyl groups excluding tert-OH is 1. The molecule has 4 rings (SSSR count). The molecule has 2 heterocycles. The molecular weight excluding hydrogens is 398 g/mol. The fourth-order valence-electron chi connectivity index (χ4n) is 3.42. The quantitative estimate of drug-likeness (QED) is 0.484. The number of cyclic esters (lactones) is 1. The Morgan fingerprint density at radius 1 is 1.23 bits per heavy atom. The molecular formula is C24H21NO6. The molecule has 0 radical (unpaired) electrons. The van der Waals surface area contributed by atoms with Crippen LogP contribution in [0.1, 0.15) is 22.3 Å². The number of aromatic nitrogens is 1. The molecule has 1 fully saturated rings. The first-order valence-corrected chi connectivity index (χ1v) is 9.73. The molecule has 0 spiro atoms. The van der Waals surface area contributed by atoms with Crippen LogP contribution >= 0.6 is 0 Å². The molecule has 31 heavy (non-hydrogen) atoms. The van der Waals surface area contributed by atoms with Crippen molar-refractivity contribution in [2.24, 2.45) is 0 Å². The molecule has 7 nitrogen and oxygen atoms in total. The largest absolute Gasteiger partial charge is 0.497 e. The summed E-state index contributed by atoms with van der Waals surface area (Å²) in [5.74, 6) is -0.517. The number of ether oxygens (including phenoxy) is 3. The number of pyridine rings is 1. The summed E-state index contributed by atoms with van der Waals surface area (Å²) < 4.78 is 15.8. The van der Waals surface area contributed by atoms with Gasteiger partial charge in [-0.2, -0.15) is 0 Å². The Labute approximate surface area is 178 Å². The van der Waals surface area contributed by atoms with Crippen molar-refractivity contribution in [3.63, 3.8) is 0 Å². The van der Waals surface area contributed by atoms with Crippen LogP contribution in [0.3, 0.4) is 0 Å². The second kappa shape index (κ2) is 8.57. The third-order valence-corrected chi connectivity index (χ3v) is 5.12. The van der Waals surface area contributed by atoms with Gasteiger partial charge in [0.15, 0.2) is 5.60 Å². The minimum atomic E-state index is -1.31. The van der Waals surface area contributed by atoms with Crippen LogP contribution in [0.2, 0.25) is 0 Å². The topological polar surface area (TPSA) is 95.0 Å². The van der Waals surface area contributed by atoms with Crippen LogP contribution in [-0.2, 0) is 14.3 Å². The van der Waals surface area contributed by atoms with Gasteiger partial charge in [0, 0.05) is 23.6 Å². The Bertz CT molecular complexity index is 1150. The molecule has 0 saturated carbocycles. The van der Waals surface area contributed by atoms with E-state index in [0.29, 0.717) is 16.9 Å². The first-order chi connectivity index (χ1) is 15.0. The number of carbonyl (C=O) groups is 2. The summed E-state index contributed by atoms with van der Waals surface area (Å²) in [6, 6.07) is 16.0. The highest BCUT2D eigenvalue weighted by molar-refractivity contribution is 5.97. The average Bonchev–Trinajstić information content (AvgIpc) is 3.13. The minimum absolute atomic E-state index is 0.116. The maximum Gasteiger partial charge on any atom is 0.338 e. The van der Waals surface area contributed by atoms with E-state index < -0.39 is 24.1 Å². The summed E-state index contributed by atoms with van der Waals surface area (Å²) in [5, 5.41) is 10.8. The lowest BCUT2D eigenvalue weighted by Gasteiger charge is -2.24. The number of benzene rings is 2. The van der Waals surface area contributed by atoms with Gasteiger partial charge in [0.1, 0.15) is 12.4 Å². The summed E-state index contributed by atoms with van der Waals surface area (Å²) in [5.41, 5.74) is 1.00. The number of hydrogen-bond acceptors (Lipinski definition) is 7. The molecule has 0 bridgehead atoms. The average molecular weight is 419 g/mol. The number of esters is 2. The van der Waals surface area contributed by atoms with E-state index in [0.717, 1.165) is 16.5 Å². The summed E-state index contributed by atoms with van der Waals surface area (Å²) in [7, 11) is 1.53. The summed E-state index contributed by atoms with van der Waals surface area (Å²) in [6.07, 6.45) is 3.47. The molecule has 1 atom stereocenters. The van der Waals surface area contributed by atoms with E-state index in [1.807, 2.05) is 30.3 Å². The molecule has 7 heteroatoms. The first kappa shape index (κ1) is 20.6. The molecule has 1 aliphatic heterocycles. The number of nitrogens with zero attached hydrogens (tertiary/aromatic N) is 1. The lowest BCUT2D eigenvalue weighted by Crippen LogP contribution is -2.39. The van der Waals surface area contributed by atoms with Crippen molar-refractivity contribution in [3.8, 4) is 5.75 Å². The van der Waals surface area contributed by atoms with Gasteiger partial charge in [0.05, 0.1) is 24.8 Å². The Morgan fingerprint density at radius 2 is 2.00 bits per heavy atom. The number of aliphatic hydroxyl groups is 1. The SMILES string of the molecule is COc1ccc(C(=O)OCC2(CO)C/C(=C/c3cnc4ccccc4c3)C(=O)O2)cc1. The van der Waals surface area contributed by atoms with Gasteiger partial charge in [-0.15, -0.1) is 0 Å². The lowest BCUT2D eigenvalue weighted by molar-refractivity contribution is -0.154. The molecule has 1 N–H and O–H groups in total. The van der Waals surface area contributed by atoms with Gasteiger partial charge in [0.25, 0.3) is 0 Å². The van der Waals surface area contributed by atoms with Crippen molar-refractivity contribution >= 4 is 28.9 Å². The Morgan fingerprint density at radius 3 is 2.74 bits per heavy atom. The lowest BCUT2D eigenvalue weighted by atomic mass is 9.98. The summed E-state index contributed by atoms with van der Waals surface area (Å²) in [4.78, 5) is 29.1. The number of hydrogen-bond donors (Lipinski definition) is 1. The highest BCUT2D eigenvalue weighted by atomic mass is 16.6. The van der Waals surface area contributed by atoms with E-state index in [4.69, 9.17) is 14.2 Å². The fraction of sp³-hybridized carbons (Fsp3) is 0.208. The number of para-hydroxylation sites is 1. The van der Waals surface area contributed by atoms with Crippen LogP contribution in [0.25, 0.3) is 17.0 Å². The van der Waals surface area contributed by atoms with E-state index in [1.54, 1.807) is 36.5 Å². The molecule has 1 saturated heterocycles. The summed E-state index contributed by atoms with van der Waals surface area (Å²) in [6.45, 7) is -0.727. The molecule has 1 unspecified atom stereocenters. The second-order valence-corrected chi connectivity index (χ2v) is 7.34. The zero-order valence-electron chi connectivity index (χ0n) is 16.9. The second-order valence-electron chi connectivity index (χ2n) is 7.34. The third kappa shape index (κ3) is 4.41. The van der Waals surface area contributed by atoms with Crippen LogP contribution in [-0.4, -0.2) is 48.0 Å². The van der Waals surface area contributed by atoms with Gasteiger partial charge in [-0.05, 0) is 48.0 Å². The highest BCUT2D eigenvalue weighted by Gasteiger charge is 2.44. The summed E-state index contributed by atoms with van der Waals surface area (Å²) >= 11 is 0. The fourth-order valence-corrected chi connectivity index (χ4v) is 3.42. The number of carbonyl (C=O) groups excluding carboxylic acids is 2. The van der Waals surface area contributed by atoms with E-state index >= 15 is 0 Å². The maximum absolute atomic E-state index is 12.4. The monoisotopic (exact) mass is 419 g/mol. The van der Waals surface area contributed by atoms with Crippen LogP contribution < -0.4 is 4.74 Å². The van der Waals surface area contributed by atoms with Crippen molar-refractivity contribution in [3.05, 3.63) is 77.5 Å². The van der Waals surface area contributed by atoms with Crippen LogP contribution in [0.5, 0.6) is 5.75 Å². The van der Waals surface area contributed by atoms with Crippen molar-refractivity contribution in [1.82, 2.24) is 4.98 Å². The zero-order valence-corrected chi connectivity index (χ0v) is 16.9. The standard InChI is InChI=1S/C24H21NO6/c1-29-20-8-6-17(7-9-20)22(27)30-15-24(14-26)12-19(23(28)31-24)11-16-10-18-4-2-3-5-21(18)25-13-16/h2-11,13,26H,12,14-15H2,1H3/b19-11-. The Balaban J connectivity index is 1.48. The molecule has 2 aromatic carbocycles. The molecule has 158 valence electrons. The van der Waals surface area contributed by atoms with Crippen molar-refractivity contribution < 1.29 is 28.9 Å². The molecule has 1 aliphatic rings. The molecule has 0 amide bonds. The number of methoxy groups -OCH3 is 1. The highest BCUT2D eigenvalue weighted by Crippen LogP contribution is 2.33.